The summed E-state index contributed by atoms with van der Waals surface area (Å²) in [5.74, 6) is 0.284. The van der Waals surface area contributed by atoms with Gasteiger partial charge < -0.3 is 15.4 Å². The standard InChI is InChI=1S/C21H20F3N5O3/c1-13(2)12-32-15-9-7-14(8-10-15)26-20-25-11-16(21(22,23)24)19(28-20)27-17-5-3-4-6-18(17)29(30)31/h3-11,13H,12H2,1-2H3,(H2,25,26,27,28). The van der Waals surface area contributed by atoms with Gasteiger partial charge in [0.2, 0.25) is 5.95 Å². The molecule has 3 aromatic rings. The van der Waals surface area contributed by atoms with Crippen LogP contribution in [0.2, 0.25) is 0 Å². The third-order valence-electron chi connectivity index (χ3n) is 4.14. The van der Waals surface area contributed by atoms with Crippen LogP contribution in [0, 0.1) is 16.0 Å². The summed E-state index contributed by atoms with van der Waals surface area (Å²) in [5, 5.41) is 16.4. The number of aromatic nitrogens is 2. The first-order chi connectivity index (χ1) is 15.1. The minimum Gasteiger partial charge on any atom is -0.493 e. The fourth-order valence-corrected chi connectivity index (χ4v) is 2.64. The zero-order valence-corrected chi connectivity index (χ0v) is 17.2. The van der Waals surface area contributed by atoms with Gasteiger partial charge in [-0.15, -0.1) is 0 Å². The second kappa shape index (κ2) is 9.50. The molecule has 0 unspecified atom stereocenters. The highest BCUT2D eigenvalue weighted by molar-refractivity contribution is 5.70. The van der Waals surface area contributed by atoms with Gasteiger partial charge in [0, 0.05) is 18.0 Å². The first kappa shape index (κ1) is 22.8. The zero-order chi connectivity index (χ0) is 23.3. The van der Waals surface area contributed by atoms with Crippen LogP contribution in [0.15, 0.2) is 54.7 Å². The lowest BCUT2D eigenvalue weighted by atomic mass is 10.2. The Morgan fingerprint density at radius 1 is 1.09 bits per heavy atom. The Balaban J connectivity index is 1.87. The first-order valence-corrected chi connectivity index (χ1v) is 9.58. The predicted molar refractivity (Wildman–Crippen MR) is 113 cm³/mol. The number of para-hydroxylation sites is 2. The van der Waals surface area contributed by atoms with Crippen LogP contribution in [0.1, 0.15) is 19.4 Å². The lowest BCUT2D eigenvalue weighted by Crippen LogP contribution is -2.13. The van der Waals surface area contributed by atoms with Gasteiger partial charge in [0.1, 0.15) is 22.8 Å². The second-order valence-corrected chi connectivity index (χ2v) is 7.21. The van der Waals surface area contributed by atoms with Gasteiger partial charge in [0.05, 0.1) is 11.5 Å². The molecule has 0 amide bonds. The normalized spacial score (nSPS) is 11.3. The lowest BCUT2D eigenvalue weighted by molar-refractivity contribution is -0.383. The predicted octanol–water partition coefficient (Wildman–Crippen LogP) is 5.93. The highest BCUT2D eigenvalue weighted by atomic mass is 19.4. The van der Waals surface area contributed by atoms with Crippen LogP contribution in [0.3, 0.4) is 0 Å². The van der Waals surface area contributed by atoms with Gasteiger partial charge >= 0.3 is 6.18 Å². The molecule has 1 aromatic heterocycles. The number of anilines is 4. The molecule has 8 nitrogen and oxygen atoms in total. The number of rotatable bonds is 8. The number of halogens is 3. The maximum Gasteiger partial charge on any atom is 0.421 e. The minimum atomic E-state index is -4.76. The Bertz CT molecular complexity index is 1090. The number of hydrogen-bond acceptors (Lipinski definition) is 7. The molecule has 0 aliphatic carbocycles. The third kappa shape index (κ3) is 5.84. The fraction of sp³-hybridized carbons (Fsp3) is 0.238. The van der Waals surface area contributed by atoms with Crippen molar-refractivity contribution in [2.75, 3.05) is 17.2 Å². The molecule has 2 N–H and O–H groups in total. The first-order valence-electron chi connectivity index (χ1n) is 9.58. The number of nitro groups is 1. The van der Waals surface area contributed by atoms with E-state index in [1.54, 1.807) is 24.3 Å². The minimum absolute atomic E-state index is 0.116. The van der Waals surface area contributed by atoms with Crippen LogP contribution in [0.5, 0.6) is 5.75 Å². The Morgan fingerprint density at radius 3 is 2.41 bits per heavy atom. The maximum absolute atomic E-state index is 13.5. The van der Waals surface area contributed by atoms with Crippen molar-refractivity contribution < 1.29 is 22.8 Å². The van der Waals surface area contributed by atoms with E-state index in [9.17, 15) is 23.3 Å². The van der Waals surface area contributed by atoms with Crippen LogP contribution < -0.4 is 15.4 Å². The lowest BCUT2D eigenvalue weighted by Gasteiger charge is -2.15. The van der Waals surface area contributed by atoms with E-state index >= 15 is 0 Å². The fourth-order valence-electron chi connectivity index (χ4n) is 2.64. The van der Waals surface area contributed by atoms with Gasteiger partial charge in [-0.1, -0.05) is 26.0 Å². The number of ether oxygens (including phenoxy) is 1. The van der Waals surface area contributed by atoms with Gasteiger partial charge in [-0.25, -0.2) is 4.98 Å². The van der Waals surface area contributed by atoms with Crippen LogP contribution in [-0.2, 0) is 6.18 Å². The third-order valence-corrected chi connectivity index (χ3v) is 4.14. The molecule has 3 rings (SSSR count). The summed E-state index contributed by atoms with van der Waals surface area (Å²) < 4.78 is 46.0. The molecular weight excluding hydrogens is 427 g/mol. The summed E-state index contributed by atoms with van der Waals surface area (Å²) in [4.78, 5) is 18.1. The second-order valence-electron chi connectivity index (χ2n) is 7.21. The monoisotopic (exact) mass is 447 g/mol. The van der Waals surface area contributed by atoms with E-state index in [1.165, 1.54) is 24.3 Å². The van der Waals surface area contributed by atoms with E-state index in [4.69, 9.17) is 4.74 Å². The Morgan fingerprint density at radius 2 is 1.78 bits per heavy atom. The molecule has 0 aliphatic rings. The molecule has 1 heterocycles. The number of benzene rings is 2. The van der Waals surface area contributed by atoms with Crippen molar-refractivity contribution in [2.24, 2.45) is 5.92 Å². The van der Waals surface area contributed by atoms with Crippen LogP contribution in [0.4, 0.5) is 42.0 Å². The molecule has 168 valence electrons. The van der Waals surface area contributed by atoms with Gasteiger partial charge in [-0.3, -0.25) is 10.1 Å². The van der Waals surface area contributed by atoms with E-state index in [0.29, 0.717) is 30.2 Å². The molecule has 0 aliphatic heterocycles. The highest BCUT2D eigenvalue weighted by Gasteiger charge is 2.36. The van der Waals surface area contributed by atoms with Gasteiger partial charge in [0.25, 0.3) is 5.69 Å². The van der Waals surface area contributed by atoms with Crippen molar-refractivity contribution >= 4 is 28.8 Å². The number of alkyl halides is 3. The van der Waals surface area contributed by atoms with Crippen molar-refractivity contribution in [3.05, 3.63) is 70.4 Å². The van der Waals surface area contributed by atoms with Gasteiger partial charge in [-0.2, -0.15) is 18.2 Å². The Labute approximate surface area is 181 Å². The quantitative estimate of drug-likeness (QED) is 0.326. The van der Waals surface area contributed by atoms with Gasteiger partial charge in [-0.05, 0) is 36.2 Å². The molecule has 0 bridgehead atoms. The van der Waals surface area contributed by atoms with E-state index in [1.807, 2.05) is 13.8 Å². The van der Waals surface area contributed by atoms with Crippen molar-refractivity contribution in [1.29, 1.82) is 0 Å². The highest BCUT2D eigenvalue weighted by Crippen LogP contribution is 2.37. The molecule has 11 heteroatoms. The molecule has 0 saturated heterocycles. The molecule has 0 fully saturated rings. The molecular formula is C21H20F3N5O3. The maximum atomic E-state index is 13.5. The molecule has 0 atom stereocenters. The summed E-state index contributed by atoms with van der Waals surface area (Å²) in [6.45, 7) is 4.59. The topological polar surface area (TPSA) is 102 Å². The van der Waals surface area contributed by atoms with Crippen LogP contribution in [-0.4, -0.2) is 21.5 Å². The largest absolute Gasteiger partial charge is 0.493 e. The van der Waals surface area contributed by atoms with E-state index in [2.05, 4.69) is 20.6 Å². The molecule has 0 radical (unpaired) electrons. The van der Waals surface area contributed by atoms with E-state index < -0.39 is 22.5 Å². The SMILES string of the molecule is CC(C)COc1ccc(Nc2ncc(C(F)(F)F)c(Nc3ccccc3[N+](=O)[O-])n2)cc1. The average molecular weight is 447 g/mol. The smallest absolute Gasteiger partial charge is 0.421 e. The van der Waals surface area contributed by atoms with Crippen LogP contribution >= 0.6 is 0 Å². The van der Waals surface area contributed by atoms with E-state index in [-0.39, 0.29) is 17.3 Å². The molecule has 0 saturated carbocycles. The Kier molecular flexibility index (Phi) is 6.76. The number of nitro benzene ring substituents is 1. The number of nitrogens with zero attached hydrogens (tertiary/aromatic N) is 3. The Hall–Kier alpha value is -3.89. The van der Waals surface area contributed by atoms with Crippen molar-refractivity contribution in [3.8, 4) is 5.75 Å². The van der Waals surface area contributed by atoms with Gasteiger partial charge in [0.15, 0.2) is 0 Å². The van der Waals surface area contributed by atoms with Crippen molar-refractivity contribution in [2.45, 2.75) is 20.0 Å². The summed E-state index contributed by atoms with van der Waals surface area (Å²) in [6, 6.07) is 12.1. The zero-order valence-electron chi connectivity index (χ0n) is 17.2. The van der Waals surface area contributed by atoms with E-state index in [0.717, 1.165) is 0 Å². The van der Waals surface area contributed by atoms with Crippen molar-refractivity contribution in [3.63, 3.8) is 0 Å². The summed E-state index contributed by atoms with van der Waals surface area (Å²) in [6.07, 6.45) is -4.15. The summed E-state index contributed by atoms with van der Waals surface area (Å²) in [7, 11) is 0. The summed E-state index contributed by atoms with van der Waals surface area (Å²) >= 11 is 0. The van der Waals surface area contributed by atoms with Crippen LogP contribution in [0.25, 0.3) is 0 Å². The molecule has 2 aromatic carbocycles. The van der Waals surface area contributed by atoms with Crippen molar-refractivity contribution in [1.82, 2.24) is 9.97 Å². The number of hydrogen-bond donors (Lipinski definition) is 2. The number of nitrogens with one attached hydrogen (secondary N) is 2. The molecule has 32 heavy (non-hydrogen) atoms. The summed E-state index contributed by atoms with van der Waals surface area (Å²) in [5.41, 5.74) is -1.14. The average Bonchev–Trinajstić information content (AvgIpc) is 2.73. The molecule has 0 spiro atoms.